The Morgan fingerprint density at radius 1 is 0.894 bits per heavy atom. The molecule has 0 bridgehead atoms. The Labute approximate surface area is 386 Å². The summed E-state index contributed by atoms with van der Waals surface area (Å²) in [5.41, 5.74) is 4.54. The SMILES string of the molecule is Cn1nc(C2CCC(=O)NC2=O)c2ccc(C3CCN(CC4CCC5(CC4)CCN(c4ncc(Cl)c(Nc6ccc7c(c6)c6c(c(=O)n7C)OCC(F)(F)C(C7CC7)N6)n4)CC5)CC3)cc21. The van der Waals surface area contributed by atoms with Crippen LogP contribution in [0.4, 0.5) is 31.9 Å². The molecule has 17 heteroatoms. The summed E-state index contributed by atoms with van der Waals surface area (Å²) in [6.45, 7) is 4.26. The number of hydrogen-bond acceptors (Lipinski definition) is 11. The van der Waals surface area contributed by atoms with E-state index in [9.17, 15) is 14.4 Å². The normalized spacial score (nSPS) is 23.9. The van der Waals surface area contributed by atoms with Crippen LogP contribution in [0.15, 0.2) is 47.4 Å². The molecule has 348 valence electrons. The first-order valence-electron chi connectivity index (χ1n) is 23.8. The summed E-state index contributed by atoms with van der Waals surface area (Å²) in [5.74, 6) is -1.97. The summed E-state index contributed by atoms with van der Waals surface area (Å²) in [5, 5.41) is 15.6. The number of alkyl halides is 2. The number of piperidine rings is 3. The summed E-state index contributed by atoms with van der Waals surface area (Å²) in [6.07, 6.45) is 13.3. The molecule has 5 fully saturated rings. The number of halogens is 3. The number of carbonyl (C=O) groups excluding carboxylic acids is 2. The third-order valence-electron chi connectivity index (χ3n) is 15.9. The van der Waals surface area contributed by atoms with Gasteiger partial charge in [-0.1, -0.05) is 23.7 Å². The van der Waals surface area contributed by atoms with Gasteiger partial charge in [-0.25, -0.2) is 13.8 Å². The average molecular weight is 924 g/mol. The lowest BCUT2D eigenvalue weighted by atomic mass is 9.65. The van der Waals surface area contributed by atoms with Crippen LogP contribution < -0.4 is 31.1 Å². The number of rotatable bonds is 8. The molecular weight excluding hydrogens is 866 g/mol. The third kappa shape index (κ3) is 8.05. The van der Waals surface area contributed by atoms with Crippen molar-refractivity contribution < 1.29 is 23.1 Å². The lowest BCUT2D eigenvalue weighted by Gasteiger charge is -2.47. The fraction of sp³-hybridized carbons (Fsp3) is 0.551. The van der Waals surface area contributed by atoms with Crippen LogP contribution >= 0.6 is 11.6 Å². The van der Waals surface area contributed by atoms with Gasteiger partial charge >= 0.3 is 5.92 Å². The van der Waals surface area contributed by atoms with Gasteiger partial charge in [0.2, 0.25) is 23.5 Å². The summed E-state index contributed by atoms with van der Waals surface area (Å²) >= 11 is 6.68. The van der Waals surface area contributed by atoms with E-state index >= 15 is 8.78 Å². The Bertz CT molecular complexity index is 2780. The third-order valence-corrected chi connectivity index (χ3v) is 16.2. The zero-order chi connectivity index (χ0) is 45.5. The highest BCUT2D eigenvalue weighted by molar-refractivity contribution is 6.33. The molecule has 4 aliphatic heterocycles. The molecule has 2 saturated carbocycles. The van der Waals surface area contributed by atoms with Crippen LogP contribution in [0, 0.1) is 17.3 Å². The number of hydrogen-bond donors (Lipinski definition) is 3. The number of nitrogens with zero attached hydrogens (tertiary/aromatic N) is 7. The summed E-state index contributed by atoms with van der Waals surface area (Å²) in [6, 6.07) is 10.9. The topological polar surface area (TPSA) is 152 Å². The van der Waals surface area contributed by atoms with Crippen LogP contribution in [0.1, 0.15) is 100 Å². The van der Waals surface area contributed by atoms with E-state index < -0.39 is 30.0 Å². The van der Waals surface area contributed by atoms with Crippen LogP contribution in [-0.2, 0) is 23.7 Å². The van der Waals surface area contributed by atoms with Crippen molar-refractivity contribution in [3.63, 3.8) is 0 Å². The van der Waals surface area contributed by atoms with Crippen LogP contribution in [0.2, 0.25) is 5.02 Å². The highest BCUT2D eigenvalue weighted by atomic mass is 35.5. The number of pyridine rings is 1. The van der Waals surface area contributed by atoms with Gasteiger partial charge in [0, 0.05) is 56.6 Å². The summed E-state index contributed by atoms with van der Waals surface area (Å²) in [7, 11) is 3.56. The zero-order valence-electron chi connectivity index (χ0n) is 37.6. The van der Waals surface area contributed by atoms with Gasteiger partial charge in [-0.2, -0.15) is 10.1 Å². The molecule has 2 aliphatic carbocycles. The van der Waals surface area contributed by atoms with Crippen molar-refractivity contribution in [3.05, 3.63) is 69.2 Å². The van der Waals surface area contributed by atoms with E-state index in [0.29, 0.717) is 82.0 Å². The van der Waals surface area contributed by atoms with Gasteiger partial charge in [0.05, 0.1) is 40.6 Å². The van der Waals surface area contributed by atoms with Gasteiger partial charge in [-0.05, 0) is 137 Å². The number of fused-ring (bicyclic) bond motifs is 4. The van der Waals surface area contributed by atoms with Crippen LogP contribution in [0.25, 0.3) is 21.8 Å². The highest BCUT2D eigenvalue weighted by Crippen LogP contribution is 2.48. The Morgan fingerprint density at radius 3 is 2.41 bits per heavy atom. The summed E-state index contributed by atoms with van der Waals surface area (Å²) < 4.78 is 39.3. The van der Waals surface area contributed by atoms with Gasteiger partial charge in [0.25, 0.3) is 5.56 Å². The van der Waals surface area contributed by atoms with Gasteiger partial charge in [-0.15, -0.1) is 0 Å². The molecular formula is C49H57ClF2N10O4. The minimum atomic E-state index is -3.12. The van der Waals surface area contributed by atoms with Crippen LogP contribution in [0.5, 0.6) is 5.75 Å². The lowest BCUT2D eigenvalue weighted by Crippen LogP contribution is -2.44. The maximum absolute atomic E-state index is 15.2. The number of imide groups is 1. The molecule has 5 aromatic rings. The number of benzene rings is 2. The van der Waals surface area contributed by atoms with E-state index in [4.69, 9.17) is 26.4 Å². The molecule has 7 heterocycles. The number of anilines is 4. The van der Waals surface area contributed by atoms with E-state index in [1.165, 1.54) is 42.4 Å². The van der Waals surface area contributed by atoms with Crippen molar-refractivity contribution in [2.24, 2.45) is 31.3 Å². The highest BCUT2D eigenvalue weighted by Gasteiger charge is 2.51. The Balaban J connectivity index is 0.686. The van der Waals surface area contributed by atoms with Crippen molar-refractivity contribution in [1.82, 2.24) is 34.5 Å². The number of aryl methyl sites for hydroxylation is 2. The van der Waals surface area contributed by atoms with Gasteiger partial charge in [0.15, 0.2) is 12.4 Å². The van der Waals surface area contributed by atoms with Crippen LogP contribution in [-0.4, -0.2) is 92.3 Å². The van der Waals surface area contributed by atoms with Crippen molar-refractivity contribution in [2.75, 3.05) is 54.9 Å². The number of nitrogens with one attached hydrogen (secondary N) is 3. The molecule has 2 amide bonds. The first-order valence-corrected chi connectivity index (χ1v) is 24.2. The van der Waals surface area contributed by atoms with E-state index in [0.717, 1.165) is 68.5 Å². The maximum Gasteiger partial charge on any atom is 0.301 e. The minimum Gasteiger partial charge on any atom is -0.480 e. The van der Waals surface area contributed by atoms with Crippen molar-refractivity contribution in [2.45, 2.75) is 101 Å². The van der Waals surface area contributed by atoms with E-state index in [1.807, 2.05) is 23.9 Å². The quantitative estimate of drug-likeness (QED) is 0.130. The molecule has 3 N–H and O–H groups in total. The predicted molar refractivity (Wildman–Crippen MR) is 250 cm³/mol. The molecule has 6 aliphatic rings. The molecule has 14 nitrogen and oxygen atoms in total. The van der Waals surface area contributed by atoms with Gasteiger partial charge in [0.1, 0.15) is 5.02 Å². The lowest BCUT2D eigenvalue weighted by molar-refractivity contribution is -0.134. The molecule has 3 saturated heterocycles. The average Bonchev–Trinajstić information content (AvgIpc) is 4.12. The molecule has 2 aromatic carbocycles. The molecule has 0 radical (unpaired) electrons. The van der Waals surface area contributed by atoms with E-state index in [1.54, 1.807) is 19.3 Å². The molecule has 1 spiro atoms. The second-order valence-electron chi connectivity index (χ2n) is 20.1. The van der Waals surface area contributed by atoms with Gasteiger partial charge in [-0.3, -0.25) is 24.4 Å². The first kappa shape index (κ1) is 43.2. The number of ether oxygens (including phenoxy) is 1. The number of carbonyl (C=O) groups is 2. The van der Waals surface area contributed by atoms with Crippen molar-refractivity contribution in [1.29, 1.82) is 0 Å². The second-order valence-corrected chi connectivity index (χ2v) is 20.5. The smallest absolute Gasteiger partial charge is 0.301 e. The fourth-order valence-electron chi connectivity index (χ4n) is 11.8. The molecule has 2 atom stereocenters. The van der Waals surface area contributed by atoms with Crippen molar-refractivity contribution >= 4 is 68.4 Å². The number of amides is 2. The zero-order valence-corrected chi connectivity index (χ0v) is 38.3. The Morgan fingerprint density at radius 2 is 1.67 bits per heavy atom. The van der Waals surface area contributed by atoms with E-state index in [-0.39, 0.29) is 23.5 Å². The van der Waals surface area contributed by atoms with E-state index in [2.05, 4.69) is 48.9 Å². The Kier molecular flexibility index (Phi) is 11.0. The molecule has 11 rings (SSSR count). The summed E-state index contributed by atoms with van der Waals surface area (Å²) in [4.78, 5) is 52.1. The molecule has 66 heavy (non-hydrogen) atoms. The monoisotopic (exact) mass is 922 g/mol. The minimum absolute atomic E-state index is 0.0945. The molecule has 3 aromatic heterocycles. The van der Waals surface area contributed by atoms with Crippen molar-refractivity contribution in [3.8, 4) is 5.75 Å². The first-order chi connectivity index (χ1) is 31.8. The fourth-order valence-corrected chi connectivity index (χ4v) is 11.9. The maximum atomic E-state index is 15.2. The van der Waals surface area contributed by atoms with Crippen LogP contribution in [0.3, 0.4) is 0 Å². The number of likely N-dealkylation sites (tertiary alicyclic amines) is 1. The van der Waals surface area contributed by atoms with Gasteiger partial charge < -0.3 is 29.7 Å². The number of aromatic nitrogens is 5. The Hall–Kier alpha value is -5.35. The second kappa shape index (κ2) is 16.8. The predicted octanol–water partition coefficient (Wildman–Crippen LogP) is 8.01. The standard InChI is InChI=1S/C49H57ClF2N10O4/c1-59-37-9-6-32(24-35(37)41-42(46(59)65)66-27-49(51,52)43(56-41)30-3-4-30)54-44-36(50)25-53-47(57-44)62-21-17-48(18-22-62)15-11-28(12-16-48)26-61-19-13-29(14-20-61)31-5-7-33-38(23-31)60(2)58-40(33)34-8-10-39(63)55-45(34)64/h5-7,9,23-25,28-30,34,43,56H,3-4,8,10-22,26-27H2,1-2H3,(H,53,54,57)(H,55,63,64). The molecule has 2 unspecified atom stereocenters. The largest absolute Gasteiger partial charge is 0.480 e.